The summed E-state index contributed by atoms with van der Waals surface area (Å²) >= 11 is 0. The second kappa shape index (κ2) is 3.09. The lowest BCUT2D eigenvalue weighted by Gasteiger charge is -2.28. The van der Waals surface area contributed by atoms with E-state index in [4.69, 9.17) is 10.1 Å². The Hall–Kier alpha value is -1.83. The molecule has 1 aromatic carbocycles. The highest BCUT2D eigenvalue weighted by Gasteiger charge is 2.23. The Morgan fingerprint density at radius 2 is 2.13 bits per heavy atom. The Morgan fingerprint density at radius 3 is 3.07 bits per heavy atom. The molecule has 74 valence electrons. The summed E-state index contributed by atoms with van der Waals surface area (Å²) in [5.41, 5.74) is 2.95. The Balaban J connectivity index is 2.04. The van der Waals surface area contributed by atoms with Crippen molar-refractivity contribution in [2.75, 3.05) is 0 Å². The van der Waals surface area contributed by atoms with Crippen molar-refractivity contribution in [2.24, 2.45) is 0 Å². The molecular formula is C13H11NO. The maximum absolute atomic E-state index is 7.58. The van der Waals surface area contributed by atoms with Crippen LogP contribution in [0.3, 0.4) is 0 Å². The Labute approximate surface area is 88.4 Å². The number of nitrogens with one attached hydrogen (secondary N) is 1. The van der Waals surface area contributed by atoms with Gasteiger partial charge >= 0.3 is 0 Å². The van der Waals surface area contributed by atoms with E-state index in [-0.39, 0.29) is 6.10 Å². The predicted molar refractivity (Wildman–Crippen MR) is 59.5 cm³/mol. The van der Waals surface area contributed by atoms with Gasteiger partial charge in [0.15, 0.2) is 0 Å². The van der Waals surface area contributed by atoms with Crippen molar-refractivity contribution in [2.45, 2.75) is 12.5 Å². The molecule has 0 radical (unpaired) electrons. The van der Waals surface area contributed by atoms with Crippen molar-refractivity contribution in [3.8, 4) is 5.75 Å². The summed E-state index contributed by atoms with van der Waals surface area (Å²) in [5.74, 6) is 0.970. The molecule has 15 heavy (non-hydrogen) atoms. The number of benzene rings is 1. The van der Waals surface area contributed by atoms with Crippen molar-refractivity contribution in [1.29, 1.82) is 5.41 Å². The van der Waals surface area contributed by atoms with E-state index in [0.29, 0.717) is 5.71 Å². The van der Waals surface area contributed by atoms with Gasteiger partial charge in [0, 0.05) is 6.42 Å². The maximum Gasteiger partial charge on any atom is 0.139 e. The summed E-state index contributed by atoms with van der Waals surface area (Å²) in [6.07, 6.45) is 6.58. The SMILES string of the molecule is N=C1C=CC2Oc3ccccc3CC2=C1. The third-order valence-electron chi connectivity index (χ3n) is 2.78. The third-order valence-corrected chi connectivity index (χ3v) is 2.78. The summed E-state index contributed by atoms with van der Waals surface area (Å²) in [6, 6.07) is 8.09. The number of allylic oxidation sites excluding steroid dienone is 2. The number of ether oxygens (including phenoxy) is 1. The van der Waals surface area contributed by atoms with Gasteiger partial charge in [0.05, 0.1) is 5.71 Å². The van der Waals surface area contributed by atoms with Crippen LogP contribution in [0.5, 0.6) is 5.75 Å². The Morgan fingerprint density at radius 1 is 1.27 bits per heavy atom. The molecule has 0 spiro atoms. The molecule has 0 saturated carbocycles. The summed E-state index contributed by atoms with van der Waals surface area (Å²) in [5, 5.41) is 7.58. The molecular weight excluding hydrogens is 186 g/mol. The summed E-state index contributed by atoms with van der Waals surface area (Å²) in [6.45, 7) is 0. The van der Waals surface area contributed by atoms with Gasteiger partial charge in [-0.1, -0.05) is 18.2 Å². The minimum absolute atomic E-state index is 0.0361. The molecule has 1 aliphatic heterocycles. The molecule has 2 nitrogen and oxygen atoms in total. The highest BCUT2D eigenvalue weighted by Crippen LogP contribution is 2.31. The van der Waals surface area contributed by atoms with Gasteiger partial charge in [-0.2, -0.15) is 0 Å². The van der Waals surface area contributed by atoms with E-state index in [1.54, 1.807) is 6.08 Å². The van der Waals surface area contributed by atoms with E-state index in [2.05, 4.69) is 6.07 Å². The van der Waals surface area contributed by atoms with Crippen LogP contribution in [0.1, 0.15) is 5.56 Å². The molecule has 0 amide bonds. The molecule has 3 rings (SSSR count). The van der Waals surface area contributed by atoms with Gasteiger partial charge < -0.3 is 10.1 Å². The van der Waals surface area contributed by atoms with Crippen LogP contribution in [-0.2, 0) is 6.42 Å². The molecule has 0 saturated heterocycles. The highest BCUT2D eigenvalue weighted by molar-refractivity contribution is 6.03. The number of fused-ring (bicyclic) bond motifs is 2. The zero-order chi connectivity index (χ0) is 10.3. The molecule has 1 unspecified atom stereocenters. The lowest BCUT2D eigenvalue weighted by Crippen LogP contribution is -2.26. The maximum atomic E-state index is 7.58. The zero-order valence-corrected chi connectivity index (χ0v) is 8.23. The van der Waals surface area contributed by atoms with E-state index in [1.807, 2.05) is 30.4 Å². The van der Waals surface area contributed by atoms with Gasteiger partial charge in [0.25, 0.3) is 0 Å². The first-order valence-corrected chi connectivity index (χ1v) is 5.05. The Kier molecular flexibility index (Phi) is 1.75. The van der Waals surface area contributed by atoms with Crippen LogP contribution < -0.4 is 4.74 Å². The van der Waals surface area contributed by atoms with Gasteiger partial charge in [-0.15, -0.1) is 0 Å². The quantitative estimate of drug-likeness (QED) is 0.681. The molecule has 0 fully saturated rings. The van der Waals surface area contributed by atoms with Crippen LogP contribution in [0.4, 0.5) is 0 Å². The van der Waals surface area contributed by atoms with Crippen LogP contribution in [0.25, 0.3) is 0 Å². The van der Waals surface area contributed by atoms with Crippen LogP contribution >= 0.6 is 0 Å². The van der Waals surface area contributed by atoms with E-state index in [9.17, 15) is 0 Å². The van der Waals surface area contributed by atoms with Crippen molar-refractivity contribution < 1.29 is 4.74 Å². The summed E-state index contributed by atoms with van der Waals surface area (Å²) in [4.78, 5) is 0. The fourth-order valence-corrected chi connectivity index (χ4v) is 2.03. The van der Waals surface area contributed by atoms with Crippen LogP contribution in [0.2, 0.25) is 0 Å². The van der Waals surface area contributed by atoms with Gasteiger partial charge in [0.1, 0.15) is 11.9 Å². The van der Waals surface area contributed by atoms with E-state index in [0.717, 1.165) is 12.2 Å². The first-order chi connectivity index (χ1) is 7.33. The molecule has 1 atom stereocenters. The minimum atomic E-state index is 0.0361. The first-order valence-electron chi connectivity index (χ1n) is 5.05. The van der Waals surface area contributed by atoms with Crippen molar-refractivity contribution in [3.05, 3.63) is 53.6 Å². The van der Waals surface area contributed by atoms with E-state index >= 15 is 0 Å². The lowest BCUT2D eigenvalue weighted by molar-refractivity contribution is 0.265. The topological polar surface area (TPSA) is 33.1 Å². The average molecular weight is 197 g/mol. The third kappa shape index (κ3) is 1.38. The average Bonchev–Trinajstić information content (AvgIpc) is 2.26. The second-order valence-corrected chi connectivity index (χ2v) is 3.86. The standard InChI is InChI=1S/C13H11NO/c14-11-5-6-13-10(8-11)7-9-3-1-2-4-12(9)15-13/h1-6,8,13-14H,7H2. The van der Waals surface area contributed by atoms with Gasteiger partial charge in [-0.25, -0.2) is 0 Å². The van der Waals surface area contributed by atoms with Gasteiger partial charge in [0.2, 0.25) is 0 Å². The molecule has 1 N–H and O–H groups in total. The largest absolute Gasteiger partial charge is 0.482 e. The minimum Gasteiger partial charge on any atom is -0.482 e. The number of para-hydroxylation sites is 1. The highest BCUT2D eigenvalue weighted by atomic mass is 16.5. The predicted octanol–water partition coefficient (Wildman–Crippen LogP) is 2.51. The molecule has 1 heterocycles. The molecule has 1 aromatic rings. The monoisotopic (exact) mass is 197 g/mol. The summed E-state index contributed by atoms with van der Waals surface area (Å²) in [7, 11) is 0. The van der Waals surface area contributed by atoms with Crippen molar-refractivity contribution in [3.63, 3.8) is 0 Å². The smallest absolute Gasteiger partial charge is 0.139 e. The molecule has 0 aromatic heterocycles. The first kappa shape index (κ1) is 8.48. The van der Waals surface area contributed by atoms with Crippen LogP contribution in [0, 0.1) is 5.41 Å². The zero-order valence-electron chi connectivity index (χ0n) is 8.23. The fourth-order valence-electron chi connectivity index (χ4n) is 2.03. The van der Waals surface area contributed by atoms with E-state index < -0.39 is 0 Å². The Bertz CT molecular complexity index is 485. The molecule has 1 aliphatic carbocycles. The van der Waals surface area contributed by atoms with Crippen molar-refractivity contribution in [1.82, 2.24) is 0 Å². The van der Waals surface area contributed by atoms with Crippen LogP contribution in [-0.4, -0.2) is 11.8 Å². The lowest BCUT2D eigenvalue weighted by atomic mass is 9.92. The number of hydrogen-bond acceptors (Lipinski definition) is 2. The fraction of sp³-hybridized carbons (Fsp3) is 0.154. The number of rotatable bonds is 0. The summed E-state index contributed by atoms with van der Waals surface area (Å²) < 4.78 is 5.83. The molecule has 2 heteroatoms. The van der Waals surface area contributed by atoms with E-state index in [1.165, 1.54) is 11.1 Å². The van der Waals surface area contributed by atoms with Crippen LogP contribution in [0.15, 0.2) is 48.1 Å². The van der Waals surface area contributed by atoms with Crippen molar-refractivity contribution >= 4 is 5.71 Å². The van der Waals surface area contributed by atoms with Gasteiger partial charge in [-0.3, -0.25) is 0 Å². The molecule has 2 aliphatic rings. The normalized spacial score (nSPS) is 22.5. The number of hydrogen-bond donors (Lipinski definition) is 1. The van der Waals surface area contributed by atoms with Gasteiger partial charge in [-0.05, 0) is 35.4 Å². The molecule has 0 bridgehead atoms. The second-order valence-electron chi connectivity index (χ2n) is 3.86.